The molecule has 8 heteroatoms. The zero-order valence-corrected chi connectivity index (χ0v) is 13.6. The average molecular weight is 367 g/mol. The van der Waals surface area contributed by atoms with E-state index in [1.165, 1.54) is 17.0 Å². The van der Waals surface area contributed by atoms with E-state index in [2.05, 4.69) is 20.7 Å². The minimum atomic E-state index is -3.90. The lowest BCUT2D eigenvalue weighted by atomic mass is 10.3. The van der Waals surface area contributed by atoms with Gasteiger partial charge in [-0.25, -0.2) is 17.5 Å². The molecule has 0 fully saturated rings. The van der Waals surface area contributed by atoms with Crippen molar-refractivity contribution in [1.29, 1.82) is 0 Å². The minimum Gasteiger partial charge on any atom is -0.342 e. The maximum absolute atomic E-state index is 13.3. The van der Waals surface area contributed by atoms with E-state index >= 15 is 0 Å². The summed E-state index contributed by atoms with van der Waals surface area (Å²) < 4.78 is 39.5. The summed E-state index contributed by atoms with van der Waals surface area (Å²) in [5, 5.41) is 0. The molecule has 1 aromatic rings. The molecule has 20 heavy (non-hydrogen) atoms. The topological polar surface area (TPSA) is 66.5 Å². The molecule has 1 amide bonds. The van der Waals surface area contributed by atoms with Crippen molar-refractivity contribution < 1.29 is 17.6 Å². The lowest BCUT2D eigenvalue weighted by molar-refractivity contribution is -0.129. The molecule has 0 heterocycles. The SMILES string of the molecule is CCN(CC)C(=O)CNS(=O)(=O)c1ccc(Br)c(F)c1. The second-order valence-corrected chi connectivity index (χ2v) is 6.59. The molecule has 5 nitrogen and oxygen atoms in total. The third kappa shape index (κ3) is 4.26. The van der Waals surface area contributed by atoms with Crippen molar-refractivity contribution in [3.8, 4) is 0 Å². The Morgan fingerprint density at radius 2 is 1.95 bits per heavy atom. The number of carbonyl (C=O) groups excluding carboxylic acids is 1. The van der Waals surface area contributed by atoms with Crippen LogP contribution in [0.25, 0.3) is 0 Å². The third-order valence-corrected chi connectivity index (χ3v) is 4.77. The fourth-order valence-electron chi connectivity index (χ4n) is 1.57. The van der Waals surface area contributed by atoms with Crippen LogP contribution in [0.4, 0.5) is 4.39 Å². The van der Waals surface area contributed by atoms with Gasteiger partial charge in [0.2, 0.25) is 15.9 Å². The van der Waals surface area contributed by atoms with Crippen molar-refractivity contribution in [2.24, 2.45) is 0 Å². The highest BCUT2D eigenvalue weighted by atomic mass is 79.9. The first-order valence-corrected chi connectivity index (χ1v) is 8.32. The van der Waals surface area contributed by atoms with Gasteiger partial charge in [-0.05, 0) is 48.0 Å². The number of amides is 1. The Hall–Kier alpha value is -0.990. The zero-order valence-electron chi connectivity index (χ0n) is 11.2. The van der Waals surface area contributed by atoms with Crippen LogP contribution in [0.1, 0.15) is 13.8 Å². The first kappa shape index (κ1) is 17.1. The third-order valence-electron chi connectivity index (χ3n) is 2.73. The molecule has 1 N–H and O–H groups in total. The number of carbonyl (C=O) groups is 1. The van der Waals surface area contributed by atoms with Crippen molar-refractivity contribution >= 4 is 31.9 Å². The van der Waals surface area contributed by atoms with Crippen LogP contribution in [-0.2, 0) is 14.8 Å². The van der Waals surface area contributed by atoms with E-state index in [9.17, 15) is 17.6 Å². The quantitative estimate of drug-likeness (QED) is 0.833. The van der Waals surface area contributed by atoms with Crippen LogP contribution in [0, 0.1) is 5.82 Å². The van der Waals surface area contributed by atoms with E-state index in [0.29, 0.717) is 13.1 Å². The molecule has 0 saturated heterocycles. The number of likely N-dealkylation sites (N-methyl/N-ethyl adjacent to an activating group) is 1. The second kappa shape index (κ2) is 7.14. The summed E-state index contributed by atoms with van der Waals surface area (Å²) in [5.41, 5.74) is 0. The van der Waals surface area contributed by atoms with Crippen LogP contribution in [0.15, 0.2) is 27.6 Å². The minimum absolute atomic E-state index is 0.177. The van der Waals surface area contributed by atoms with Gasteiger partial charge in [-0.1, -0.05) is 0 Å². The molecule has 1 rings (SSSR count). The van der Waals surface area contributed by atoms with E-state index in [-0.39, 0.29) is 21.8 Å². The van der Waals surface area contributed by atoms with E-state index in [0.717, 1.165) is 6.07 Å². The Morgan fingerprint density at radius 3 is 2.45 bits per heavy atom. The monoisotopic (exact) mass is 366 g/mol. The van der Waals surface area contributed by atoms with Crippen molar-refractivity contribution in [3.05, 3.63) is 28.5 Å². The number of sulfonamides is 1. The fourth-order valence-corrected chi connectivity index (χ4v) is 2.80. The average Bonchev–Trinajstić information content (AvgIpc) is 2.41. The molecule has 0 spiro atoms. The summed E-state index contributed by atoms with van der Waals surface area (Å²) in [6.45, 7) is 4.27. The largest absolute Gasteiger partial charge is 0.342 e. The Morgan fingerprint density at radius 1 is 1.35 bits per heavy atom. The van der Waals surface area contributed by atoms with Gasteiger partial charge < -0.3 is 4.90 Å². The number of hydrogen-bond donors (Lipinski definition) is 1. The summed E-state index contributed by atoms with van der Waals surface area (Å²) in [6.07, 6.45) is 0. The summed E-state index contributed by atoms with van der Waals surface area (Å²) in [5.74, 6) is -1.00. The number of benzene rings is 1. The Bertz CT molecular complexity index is 588. The summed E-state index contributed by atoms with van der Waals surface area (Å²) >= 11 is 2.95. The van der Waals surface area contributed by atoms with Crippen molar-refractivity contribution in [3.63, 3.8) is 0 Å². The zero-order chi connectivity index (χ0) is 15.3. The van der Waals surface area contributed by atoms with Gasteiger partial charge in [0.25, 0.3) is 0 Å². The molecule has 0 aromatic heterocycles. The molecular formula is C12H16BrFN2O3S. The molecule has 0 aliphatic carbocycles. The van der Waals surface area contributed by atoms with E-state index in [1.54, 1.807) is 13.8 Å². The molecule has 0 atom stereocenters. The molecule has 0 radical (unpaired) electrons. The highest BCUT2D eigenvalue weighted by molar-refractivity contribution is 9.10. The first-order valence-electron chi connectivity index (χ1n) is 6.04. The summed E-state index contributed by atoms with van der Waals surface area (Å²) in [4.78, 5) is 13.0. The van der Waals surface area contributed by atoms with Gasteiger partial charge in [-0.15, -0.1) is 0 Å². The summed E-state index contributed by atoms with van der Waals surface area (Å²) in [6, 6.07) is 3.46. The standard InChI is InChI=1S/C12H16BrFN2O3S/c1-3-16(4-2)12(17)8-15-20(18,19)9-5-6-10(13)11(14)7-9/h5-7,15H,3-4,8H2,1-2H3. The van der Waals surface area contributed by atoms with Gasteiger partial charge in [0, 0.05) is 13.1 Å². The van der Waals surface area contributed by atoms with Crippen molar-refractivity contribution in [2.45, 2.75) is 18.7 Å². The maximum Gasteiger partial charge on any atom is 0.241 e. The normalized spacial score (nSPS) is 11.4. The molecule has 0 bridgehead atoms. The molecule has 0 saturated carbocycles. The molecular weight excluding hydrogens is 351 g/mol. The van der Waals surface area contributed by atoms with Crippen LogP contribution in [0.3, 0.4) is 0 Å². The highest BCUT2D eigenvalue weighted by Crippen LogP contribution is 2.19. The van der Waals surface area contributed by atoms with Gasteiger partial charge in [0.15, 0.2) is 0 Å². The van der Waals surface area contributed by atoms with Crippen molar-refractivity contribution in [1.82, 2.24) is 9.62 Å². The van der Waals surface area contributed by atoms with Crippen LogP contribution in [0.2, 0.25) is 0 Å². The van der Waals surface area contributed by atoms with Crippen LogP contribution < -0.4 is 4.72 Å². The van der Waals surface area contributed by atoms with Crippen molar-refractivity contribution in [2.75, 3.05) is 19.6 Å². The van der Waals surface area contributed by atoms with E-state index in [1.807, 2.05) is 0 Å². The van der Waals surface area contributed by atoms with Gasteiger partial charge in [-0.2, -0.15) is 0 Å². The molecule has 0 unspecified atom stereocenters. The Kier molecular flexibility index (Phi) is 6.09. The summed E-state index contributed by atoms with van der Waals surface area (Å²) in [7, 11) is -3.90. The van der Waals surface area contributed by atoms with Gasteiger partial charge in [0.05, 0.1) is 15.9 Å². The molecule has 112 valence electrons. The number of hydrogen-bond acceptors (Lipinski definition) is 3. The van der Waals surface area contributed by atoms with E-state index in [4.69, 9.17) is 0 Å². The van der Waals surface area contributed by atoms with Gasteiger partial charge in [-0.3, -0.25) is 4.79 Å². The lowest BCUT2D eigenvalue weighted by Crippen LogP contribution is -2.39. The predicted molar refractivity (Wildman–Crippen MR) is 77.2 cm³/mol. The van der Waals surface area contributed by atoms with Gasteiger partial charge in [0.1, 0.15) is 5.82 Å². The number of rotatable bonds is 6. The van der Waals surface area contributed by atoms with Crippen LogP contribution >= 0.6 is 15.9 Å². The van der Waals surface area contributed by atoms with Crippen LogP contribution in [-0.4, -0.2) is 38.9 Å². The predicted octanol–water partition coefficient (Wildman–Crippen LogP) is 1.73. The number of halogens is 2. The highest BCUT2D eigenvalue weighted by Gasteiger charge is 2.18. The first-order chi connectivity index (χ1) is 9.31. The number of nitrogens with one attached hydrogen (secondary N) is 1. The molecule has 0 aliphatic heterocycles. The number of nitrogens with zero attached hydrogens (tertiary/aromatic N) is 1. The lowest BCUT2D eigenvalue weighted by Gasteiger charge is -2.18. The second-order valence-electron chi connectivity index (χ2n) is 3.97. The Balaban J connectivity index is 2.80. The Labute approximate surface area is 126 Å². The van der Waals surface area contributed by atoms with Crippen LogP contribution in [0.5, 0.6) is 0 Å². The maximum atomic E-state index is 13.3. The van der Waals surface area contributed by atoms with Gasteiger partial charge >= 0.3 is 0 Å². The fraction of sp³-hybridized carbons (Fsp3) is 0.417. The van der Waals surface area contributed by atoms with E-state index < -0.39 is 15.8 Å². The smallest absolute Gasteiger partial charge is 0.241 e. The molecule has 0 aliphatic rings. The molecule has 1 aromatic carbocycles.